The number of aromatic nitrogens is 1. The van der Waals surface area contributed by atoms with E-state index in [1.165, 1.54) is 30.0 Å². The average Bonchev–Trinajstić information content (AvgIpc) is 3.01. The molecule has 2 aliphatic heterocycles. The van der Waals surface area contributed by atoms with Gasteiger partial charge in [0.15, 0.2) is 0 Å². The summed E-state index contributed by atoms with van der Waals surface area (Å²) in [5.41, 5.74) is 1.38. The highest BCUT2D eigenvalue weighted by molar-refractivity contribution is 7.99. The Morgan fingerprint density at radius 1 is 1.58 bits per heavy atom. The number of aryl methyl sites for hydroxylation is 1. The van der Waals surface area contributed by atoms with E-state index >= 15 is 0 Å². The van der Waals surface area contributed by atoms with Crippen LogP contribution in [0.3, 0.4) is 0 Å². The molecule has 3 nitrogen and oxygen atoms in total. The number of thioether (sulfide) groups is 1. The molecule has 0 aromatic carbocycles. The molecule has 5 heteroatoms. The first-order chi connectivity index (χ1) is 9.22. The van der Waals surface area contributed by atoms with Crippen molar-refractivity contribution in [3.63, 3.8) is 0 Å². The molecule has 1 aromatic heterocycles. The molecule has 2 aliphatic rings. The van der Waals surface area contributed by atoms with Gasteiger partial charge in [0, 0.05) is 17.7 Å². The number of hydrogen-bond acceptors (Lipinski definition) is 5. The lowest BCUT2D eigenvalue weighted by atomic mass is 9.80. The maximum atomic E-state index is 6.13. The summed E-state index contributed by atoms with van der Waals surface area (Å²) in [6.07, 6.45) is 3.55. The van der Waals surface area contributed by atoms with Gasteiger partial charge in [0.25, 0.3) is 0 Å². The largest absolute Gasteiger partial charge is 0.374 e. The fourth-order valence-corrected chi connectivity index (χ4v) is 5.39. The first-order valence-electron chi connectivity index (χ1n) is 7.03. The topological polar surface area (TPSA) is 34.2 Å². The predicted molar refractivity (Wildman–Crippen MR) is 82.0 cm³/mol. The van der Waals surface area contributed by atoms with Crippen LogP contribution >= 0.6 is 23.1 Å². The van der Waals surface area contributed by atoms with Crippen LogP contribution in [-0.4, -0.2) is 35.7 Å². The van der Waals surface area contributed by atoms with Crippen molar-refractivity contribution >= 4 is 23.1 Å². The second-order valence-corrected chi connectivity index (χ2v) is 7.81. The highest BCUT2D eigenvalue weighted by Crippen LogP contribution is 2.43. The van der Waals surface area contributed by atoms with Crippen LogP contribution in [0.2, 0.25) is 0 Å². The van der Waals surface area contributed by atoms with E-state index in [0.29, 0.717) is 12.0 Å². The van der Waals surface area contributed by atoms with E-state index in [0.717, 1.165) is 18.0 Å². The van der Waals surface area contributed by atoms with Gasteiger partial charge in [0.05, 0.1) is 22.3 Å². The number of hydrogen-bond donors (Lipinski definition) is 1. The lowest BCUT2D eigenvalue weighted by molar-refractivity contribution is -0.0852. The molecular weight excluding hydrogens is 276 g/mol. The number of nitrogens with one attached hydrogen (secondary N) is 1. The predicted octanol–water partition coefficient (Wildman–Crippen LogP) is 3.01. The molecule has 1 aromatic rings. The Hall–Kier alpha value is -0.100. The van der Waals surface area contributed by atoms with Gasteiger partial charge in [-0.05, 0) is 44.9 Å². The Kier molecular flexibility index (Phi) is 4.17. The molecule has 3 heterocycles. The molecule has 0 amide bonds. The first kappa shape index (κ1) is 13.9. The highest BCUT2D eigenvalue weighted by Gasteiger charge is 2.42. The molecule has 2 saturated heterocycles. The summed E-state index contributed by atoms with van der Waals surface area (Å²) < 4.78 is 6.13. The molecule has 1 N–H and O–H groups in total. The minimum atomic E-state index is 0.160. The van der Waals surface area contributed by atoms with E-state index in [4.69, 9.17) is 4.74 Å². The van der Waals surface area contributed by atoms with Crippen LogP contribution in [-0.2, 0) is 4.74 Å². The maximum absolute atomic E-state index is 6.13. The summed E-state index contributed by atoms with van der Waals surface area (Å²) in [6.45, 7) is 2.99. The van der Waals surface area contributed by atoms with Gasteiger partial charge in [-0.2, -0.15) is 11.8 Å². The van der Waals surface area contributed by atoms with E-state index in [2.05, 4.69) is 29.7 Å². The molecular formula is C14H22N2OS2. The fraction of sp³-hybridized carbons (Fsp3) is 0.786. The Balaban J connectivity index is 1.76. The quantitative estimate of drug-likeness (QED) is 0.930. The third kappa shape index (κ3) is 2.84. The Morgan fingerprint density at radius 2 is 2.47 bits per heavy atom. The van der Waals surface area contributed by atoms with E-state index in [1.54, 1.807) is 11.3 Å². The molecule has 0 saturated carbocycles. The normalized spacial score (nSPS) is 32.8. The molecule has 0 aliphatic carbocycles. The number of thiazole rings is 1. The Labute approximate surface area is 123 Å². The third-order valence-electron chi connectivity index (χ3n) is 4.34. The van der Waals surface area contributed by atoms with Gasteiger partial charge >= 0.3 is 0 Å². The molecule has 3 rings (SSSR count). The summed E-state index contributed by atoms with van der Waals surface area (Å²) >= 11 is 3.79. The van der Waals surface area contributed by atoms with Crippen LogP contribution in [0.4, 0.5) is 0 Å². The van der Waals surface area contributed by atoms with Crippen molar-refractivity contribution in [2.24, 2.45) is 5.92 Å². The van der Waals surface area contributed by atoms with Crippen LogP contribution in [0, 0.1) is 12.8 Å². The summed E-state index contributed by atoms with van der Waals surface area (Å²) in [5, 5.41) is 6.86. The molecule has 0 radical (unpaired) electrons. The molecule has 1 spiro atoms. The smallest absolute Gasteiger partial charge is 0.0898 e. The van der Waals surface area contributed by atoms with Crippen LogP contribution in [0.5, 0.6) is 0 Å². The molecule has 3 atom stereocenters. The number of ether oxygens (including phenoxy) is 1. The van der Waals surface area contributed by atoms with Crippen LogP contribution < -0.4 is 5.32 Å². The standard InChI is InChI=1S/C14H22N2OS2/c1-10-16-12(8-19-10)13(15-2)11-3-5-17-14(7-11)4-6-18-9-14/h8,11,13,15H,3-7,9H2,1-2H3. The van der Waals surface area contributed by atoms with Gasteiger partial charge in [-0.1, -0.05) is 0 Å². The number of rotatable bonds is 3. The van der Waals surface area contributed by atoms with Gasteiger partial charge in [0.1, 0.15) is 0 Å². The van der Waals surface area contributed by atoms with Crippen molar-refractivity contribution in [1.29, 1.82) is 0 Å². The molecule has 2 fully saturated rings. The van der Waals surface area contributed by atoms with Crippen LogP contribution in [0.1, 0.15) is 36.0 Å². The maximum Gasteiger partial charge on any atom is 0.0898 e. The summed E-state index contributed by atoms with van der Waals surface area (Å²) in [5.74, 6) is 3.09. The second kappa shape index (κ2) is 5.72. The second-order valence-electron chi connectivity index (χ2n) is 5.64. The molecule has 0 bridgehead atoms. The van der Waals surface area contributed by atoms with Crippen molar-refractivity contribution in [3.05, 3.63) is 16.1 Å². The van der Waals surface area contributed by atoms with E-state index in [-0.39, 0.29) is 5.60 Å². The van der Waals surface area contributed by atoms with Gasteiger partial charge in [-0.15, -0.1) is 11.3 Å². The SMILES string of the molecule is CNC(c1csc(C)n1)C1CCOC2(CCSC2)C1. The van der Waals surface area contributed by atoms with Crippen LogP contribution in [0.15, 0.2) is 5.38 Å². The van der Waals surface area contributed by atoms with Crippen LogP contribution in [0.25, 0.3) is 0 Å². The summed E-state index contributed by atoms with van der Waals surface area (Å²) in [4.78, 5) is 4.68. The molecule has 106 valence electrons. The molecule has 3 unspecified atom stereocenters. The summed E-state index contributed by atoms with van der Waals surface area (Å²) in [7, 11) is 2.06. The van der Waals surface area contributed by atoms with Crippen molar-refractivity contribution in [2.75, 3.05) is 25.2 Å². The van der Waals surface area contributed by atoms with Crippen molar-refractivity contribution in [1.82, 2.24) is 10.3 Å². The zero-order chi connectivity index (χ0) is 13.3. The highest BCUT2D eigenvalue weighted by atomic mass is 32.2. The summed E-state index contributed by atoms with van der Waals surface area (Å²) in [6, 6.07) is 0.385. The zero-order valence-electron chi connectivity index (χ0n) is 11.6. The van der Waals surface area contributed by atoms with E-state index in [9.17, 15) is 0 Å². The van der Waals surface area contributed by atoms with E-state index in [1.807, 2.05) is 11.8 Å². The monoisotopic (exact) mass is 298 g/mol. The lowest BCUT2D eigenvalue weighted by Gasteiger charge is -2.40. The van der Waals surface area contributed by atoms with Crippen molar-refractivity contribution < 1.29 is 4.74 Å². The Bertz CT molecular complexity index is 429. The van der Waals surface area contributed by atoms with Gasteiger partial charge in [0.2, 0.25) is 0 Å². The minimum absolute atomic E-state index is 0.160. The average molecular weight is 298 g/mol. The fourth-order valence-electron chi connectivity index (χ4n) is 3.36. The zero-order valence-corrected chi connectivity index (χ0v) is 13.3. The van der Waals surface area contributed by atoms with Gasteiger partial charge < -0.3 is 10.1 Å². The van der Waals surface area contributed by atoms with Gasteiger partial charge in [-0.3, -0.25) is 0 Å². The minimum Gasteiger partial charge on any atom is -0.374 e. The third-order valence-corrected chi connectivity index (χ3v) is 6.35. The lowest BCUT2D eigenvalue weighted by Crippen LogP contribution is -2.43. The number of nitrogens with zero attached hydrogens (tertiary/aromatic N) is 1. The van der Waals surface area contributed by atoms with E-state index < -0.39 is 0 Å². The molecule has 19 heavy (non-hydrogen) atoms. The van der Waals surface area contributed by atoms with Gasteiger partial charge in [-0.25, -0.2) is 4.98 Å². The Morgan fingerprint density at radius 3 is 3.11 bits per heavy atom. The first-order valence-corrected chi connectivity index (χ1v) is 9.07. The van der Waals surface area contributed by atoms with Crippen molar-refractivity contribution in [2.45, 2.75) is 37.8 Å². The van der Waals surface area contributed by atoms with Crippen molar-refractivity contribution in [3.8, 4) is 0 Å².